The van der Waals surface area contributed by atoms with E-state index < -0.39 is 11.9 Å². The van der Waals surface area contributed by atoms with E-state index in [1.807, 2.05) is 6.92 Å². The highest BCUT2D eigenvalue weighted by Gasteiger charge is 2.41. The van der Waals surface area contributed by atoms with Crippen LogP contribution in [0.25, 0.3) is 0 Å². The van der Waals surface area contributed by atoms with Gasteiger partial charge in [0.1, 0.15) is 23.2 Å². The molecule has 2 atom stereocenters. The fraction of sp³-hybridized carbons (Fsp3) is 0.353. The Bertz CT molecular complexity index is 652. The molecule has 6 heteroatoms. The molecule has 1 aliphatic rings. The maximum atomic E-state index is 11.8. The minimum Gasteiger partial charge on any atom is -0.507 e. The molecule has 2 rings (SSSR count). The lowest BCUT2D eigenvalue weighted by Crippen LogP contribution is -2.49. The van der Waals surface area contributed by atoms with Crippen LogP contribution in [0.3, 0.4) is 0 Å². The summed E-state index contributed by atoms with van der Waals surface area (Å²) in [5, 5.41) is 20.3. The van der Waals surface area contributed by atoms with Crippen LogP contribution < -0.4 is 4.74 Å². The summed E-state index contributed by atoms with van der Waals surface area (Å²) in [4.78, 5) is 11.8. The Balaban J connectivity index is 2.43. The van der Waals surface area contributed by atoms with Gasteiger partial charge in [0.2, 0.25) is 0 Å². The van der Waals surface area contributed by atoms with Crippen LogP contribution in [0.1, 0.15) is 30.6 Å². The molecule has 1 aliphatic carbocycles. The van der Waals surface area contributed by atoms with Crippen molar-refractivity contribution in [1.29, 1.82) is 0 Å². The van der Waals surface area contributed by atoms with Crippen molar-refractivity contribution in [3.8, 4) is 11.5 Å². The van der Waals surface area contributed by atoms with Crippen molar-refractivity contribution >= 4 is 21.7 Å². The van der Waals surface area contributed by atoms with Gasteiger partial charge in [0.15, 0.2) is 5.78 Å². The van der Waals surface area contributed by atoms with E-state index in [9.17, 15) is 15.0 Å². The number of aliphatic hydroxyl groups is 1. The van der Waals surface area contributed by atoms with Gasteiger partial charge in [-0.15, -0.1) is 0 Å². The highest BCUT2D eigenvalue weighted by atomic mass is 79.9. The molecular formula is C17H19BrO5. The lowest BCUT2D eigenvalue weighted by molar-refractivity contribution is -0.194. The number of benzene rings is 1. The zero-order valence-corrected chi connectivity index (χ0v) is 14.5. The van der Waals surface area contributed by atoms with E-state index in [-0.39, 0.29) is 22.8 Å². The lowest BCUT2D eigenvalue weighted by atomic mass is 10.0. The molecule has 0 heterocycles. The maximum Gasteiger partial charge on any atom is 0.260 e. The molecule has 2 unspecified atom stereocenters. The van der Waals surface area contributed by atoms with Crippen molar-refractivity contribution in [3.05, 3.63) is 46.5 Å². The molecule has 0 saturated heterocycles. The number of hydrogen-bond donors (Lipinski definition) is 2. The van der Waals surface area contributed by atoms with E-state index in [1.54, 1.807) is 30.4 Å². The maximum absolute atomic E-state index is 11.8. The molecule has 1 aromatic rings. The highest BCUT2D eigenvalue weighted by molar-refractivity contribution is 9.11. The quantitative estimate of drug-likeness (QED) is 0.582. The van der Waals surface area contributed by atoms with Gasteiger partial charge in [-0.3, -0.25) is 4.79 Å². The van der Waals surface area contributed by atoms with Crippen LogP contribution in [0.2, 0.25) is 0 Å². The molecule has 0 aromatic heterocycles. The Morgan fingerprint density at radius 2 is 2.17 bits per heavy atom. The number of aliphatic hydroxyl groups excluding tert-OH is 1. The number of aromatic hydroxyl groups is 1. The number of carbonyl (C=O) groups excluding carboxylic acids is 1. The average Bonchev–Trinajstić information content (AvgIpc) is 2.48. The summed E-state index contributed by atoms with van der Waals surface area (Å²) in [5.74, 6) is -1.81. The highest BCUT2D eigenvalue weighted by Crippen LogP contribution is 2.35. The van der Waals surface area contributed by atoms with Gasteiger partial charge in [-0.05, 0) is 43.7 Å². The predicted molar refractivity (Wildman–Crippen MR) is 89.9 cm³/mol. The summed E-state index contributed by atoms with van der Waals surface area (Å²) in [6.45, 7) is 3.64. The average molecular weight is 383 g/mol. The van der Waals surface area contributed by atoms with Crippen molar-refractivity contribution in [2.75, 3.05) is 6.61 Å². The number of Topliss-reactive ketones (excluding diaryl/α,β-unsaturated/α-hetero) is 1. The molecule has 0 fully saturated rings. The fourth-order valence-corrected chi connectivity index (χ4v) is 2.65. The summed E-state index contributed by atoms with van der Waals surface area (Å²) >= 11 is 3.29. The Hall–Kier alpha value is -1.63. The van der Waals surface area contributed by atoms with Gasteiger partial charge in [-0.25, -0.2) is 0 Å². The van der Waals surface area contributed by atoms with Gasteiger partial charge in [-0.1, -0.05) is 28.9 Å². The van der Waals surface area contributed by atoms with Crippen LogP contribution >= 0.6 is 15.9 Å². The Labute approximate surface area is 143 Å². The van der Waals surface area contributed by atoms with Gasteiger partial charge >= 0.3 is 0 Å². The van der Waals surface area contributed by atoms with Gasteiger partial charge in [0.25, 0.3) is 5.79 Å². The second-order valence-electron chi connectivity index (χ2n) is 5.21. The third kappa shape index (κ3) is 3.83. The molecule has 0 amide bonds. The van der Waals surface area contributed by atoms with Gasteiger partial charge < -0.3 is 19.7 Å². The Kier molecular flexibility index (Phi) is 5.62. The Morgan fingerprint density at radius 1 is 1.43 bits per heavy atom. The first kappa shape index (κ1) is 17.7. The number of phenols is 1. The number of allylic oxidation sites excluding steroid dienone is 2. The lowest BCUT2D eigenvalue weighted by Gasteiger charge is -2.36. The van der Waals surface area contributed by atoms with Gasteiger partial charge in [0.05, 0.1) is 6.61 Å². The van der Waals surface area contributed by atoms with Crippen molar-refractivity contribution in [2.45, 2.75) is 32.2 Å². The summed E-state index contributed by atoms with van der Waals surface area (Å²) in [6, 6.07) is 4.53. The molecule has 124 valence electrons. The number of phenolic OH excluding ortho intramolecular Hbond substituents is 1. The topological polar surface area (TPSA) is 76.0 Å². The van der Waals surface area contributed by atoms with Crippen LogP contribution in [0, 0.1) is 0 Å². The summed E-state index contributed by atoms with van der Waals surface area (Å²) in [7, 11) is 0. The van der Waals surface area contributed by atoms with E-state index in [0.717, 1.165) is 6.42 Å². The predicted octanol–water partition coefficient (Wildman–Crippen LogP) is 3.31. The first-order valence-corrected chi connectivity index (χ1v) is 8.09. The smallest absolute Gasteiger partial charge is 0.260 e. The summed E-state index contributed by atoms with van der Waals surface area (Å²) < 4.78 is 12.3. The molecule has 0 aliphatic heterocycles. The third-order valence-corrected chi connectivity index (χ3v) is 3.89. The second kappa shape index (κ2) is 7.29. The van der Waals surface area contributed by atoms with Crippen molar-refractivity contribution in [3.63, 3.8) is 0 Å². The number of rotatable bonds is 6. The molecule has 0 spiro atoms. The minimum atomic E-state index is -1.45. The van der Waals surface area contributed by atoms with E-state index in [2.05, 4.69) is 15.9 Å². The first-order valence-electron chi connectivity index (χ1n) is 7.30. The van der Waals surface area contributed by atoms with E-state index in [1.165, 1.54) is 13.0 Å². The summed E-state index contributed by atoms with van der Waals surface area (Å²) in [5.41, 5.74) is 0.0567. The van der Waals surface area contributed by atoms with Gasteiger partial charge in [-0.2, -0.15) is 0 Å². The van der Waals surface area contributed by atoms with Crippen LogP contribution in [0.4, 0.5) is 0 Å². The van der Waals surface area contributed by atoms with Crippen molar-refractivity contribution in [2.24, 2.45) is 0 Å². The van der Waals surface area contributed by atoms with E-state index >= 15 is 0 Å². The number of hydrogen-bond acceptors (Lipinski definition) is 5. The van der Waals surface area contributed by atoms with Gasteiger partial charge in [0, 0.05) is 4.48 Å². The monoisotopic (exact) mass is 382 g/mol. The molecule has 1 aromatic carbocycles. The Morgan fingerprint density at radius 3 is 2.78 bits per heavy atom. The van der Waals surface area contributed by atoms with Crippen LogP contribution in [0.5, 0.6) is 11.5 Å². The molecule has 0 bridgehead atoms. The van der Waals surface area contributed by atoms with Crippen LogP contribution in [-0.4, -0.2) is 34.5 Å². The number of ketones is 1. The van der Waals surface area contributed by atoms with E-state index in [4.69, 9.17) is 9.47 Å². The number of halogens is 1. The van der Waals surface area contributed by atoms with Crippen LogP contribution in [0.15, 0.2) is 40.9 Å². The molecular weight excluding hydrogens is 364 g/mol. The number of ether oxygens (including phenoxy) is 2. The third-order valence-electron chi connectivity index (χ3n) is 3.36. The molecule has 2 N–H and O–H groups in total. The van der Waals surface area contributed by atoms with Crippen molar-refractivity contribution < 1.29 is 24.5 Å². The second-order valence-corrected chi connectivity index (χ2v) is 6.12. The van der Waals surface area contributed by atoms with E-state index in [0.29, 0.717) is 11.1 Å². The number of carbonyl (C=O) groups is 1. The first-order chi connectivity index (χ1) is 10.9. The zero-order chi connectivity index (χ0) is 17.0. The normalized spacial score (nSPS) is 23.5. The molecule has 23 heavy (non-hydrogen) atoms. The molecule has 0 saturated carbocycles. The van der Waals surface area contributed by atoms with Crippen LogP contribution in [-0.2, 0) is 4.74 Å². The fourth-order valence-electron chi connectivity index (χ4n) is 2.27. The molecule has 5 nitrogen and oxygen atoms in total. The summed E-state index contributed by atoms with van der Waals surface area (Å²) in [6.07, 6.45) is 4.50. The van der Waals surface area contributed by atoms with Crippen molar-refractivity contribution in [1.82, 2.24) is 0 Å². The SMILES string of the molecule is CCCOC1(Oc2cccc(O)c2C(C)=O)C=CC(Br)=CC1O. The largest absolute Gasteiger partial charge is 0.507 e. The molecule has 0 radical (unpaired) electrons. The zero-order valence-electron chi connectivity index (χ0n) is 13.0. The minimum absolute atomic E-state index is 0.0567. The standard InChI is InChI=1S/C17H19BrO5/c1-3-9-22-17(8-7-12(18)10-15(17)21)23-14-6-4-5-13(20)16(14)11(2)19/h4-8,10,15,20-21H,3,9H2,1-2H3.